The average molecular weight is 340 g/mol. The molecule has 1 heterocycles. The Kier molecular flexibility index (Phi) is 3.34. The minimum absolute atomic E-state index is 0.0357. The maximum atomic E-state index is 12.4. The van der Waals surface area contributed by atoms with Crippen LogP contribution in [0.4, 0.5) is 11.4 Å². The first-order valence-electron chi connectivity index (χ1n) is 6.06. The minimum Gasteiger partial charge on any atom is -0.408 e. The van der Waals surface area contributed by atoms with E-state index in [1.54, 1.807) is 0 Å². The molecule has 3 aromatic rings. The molecule has 0 saturated carbocycles. The van der Waals surface area contributed by atoms with Crippen LogP contribution in [0.15, 0.2) is 50.5 Å². The van der Waals surface area contributed by atoms with Crippen LogP contribution in [0, 0.1) is 0 Å². The second kappa shape index (κ2) is 5.08. The molecule has 0 aliphatic rings. The first kappa shape index (κ1) is 14.5. The lowest BCUT2D eigenvalue weighted by Gasteiger charge is -2.10. The van der Waals surface area contributed by atoms with Gasteiger partial charge in [0, 0.05) is 5.02 Å². The first-order valence-corrected chi connectivity index (χ1v) is 7.92. The van der Waals surface area contributed by atoms with E-state index in [2.05, 4.69) is 9.71 Å². The van der Waals surface area contributed by atoms with Gasteiger partial charge >= 0.3 is 5.76 Å². The molecule has 114 valence electrons. The van der Waals surface area contributed by atoms with Crippen molar-refractivity contribution in [3.63, 3.8) is 0 Å². The van der Waals surface area contributed by atoms with Gasteiger partial charge in [-0.3, -0.25) is 9.71 Å². The normalized spacial score (nSPS) is 11.7. The zero-order valence-electron chi connectivity index (χ0n) is 11.0. The number of sulfonamides is 1. The largest absolute Gasteiger partial charge is 0.417 e. The van der Waals surface area contributed by atoms with Gasteiger partial charge in [-0.15, -0.1) is 0 Å². The van der Waals surface area contributed by atoms with Crippen molar-refractivity contribution in [2.75, 3.05) is 10.5 Å². The number of halogens is 1. The van der Waals surface area contributed by atoms with Crippen LogP contribution in [-0.2, 0) is 10.0 Å². The number of nitrogen functional groups attached to an aromatic ring is 1. The third-order valence-corrected chi connectivity index (χ3v) is 4.56. The molecule has 7 nitrogen and oxygen atoms in total. The van der Waals surface area contributed by atoms with Gasteiger partial charge in [0.25, 0.3) is 10.0 Å². The van der Waals surface area contributed by atoms with Crippen molar-refractivity contribution in [3.05, 3.63) is 52.0 Å². The van der Waals surface area contributed by atoms with Crippen LogP contribution < -0.4 is 16.2 Å². The topological polar surface area (TPSA) is 118 Å². The zero-order valence-corrected chi connectivity index (χ0v) is 12.5. The molecule has 0 amide bonds. The fraction of sp³-hybridized carbons (Fsp3) is 0. The summed E-state index contributed by atoms with van der Waals surface area (Å²) in [5.41, 5.74) is 6.70. The summed E-state index contributed by atoms with van der Waals surface area (Å²) < 4.78 is 31.9. The second-order valence-corrected chi connectivity index (χ2v) is 6.63. The van der Waals surface area contributed by atoms with Gasteiger partial charge in [-0.25, -0.2) is 13.2 Å². The first-order chi connectivity index (χ1) is 10.3. The summed E-state index contributed by atoms with van der Waals surface area (Å²) in [6, 6.07) is 8.45. The molecule has 0 atom stereocenters. The Morgan fingerprint density at radius 3 is 2.68 bits per heavy atom. The lowest BCUT2D eigenvalue weighted by molar-refractivity contribution is 0.555. The van der Waals surface area contributed by atoms with E-state index in [4.69, 9.17) is 21.8 Å². The molecule has 0 aliphatic carbocycles. The molecule has 0 fully saturated rings. The number of aromatic amines is 1. The molecule has 0 aliphatic heterocycles. The van der Waals surface area contributed by atoms with E-state index in [-0.39, 0.29) is 27.4 Å². The Morgan fingerprint density at radius 2 is 1.95 bits per heavy atom. The maximum absolute atomic E-state index is 12.4. The summed E-state index contributed by atoms with van der Waals surface area (Å²) in [6.45, 7) is 0. The van der Waals surface area contributed by atoms with E-state index < -0.39 is 15.8 Å². The molecule has 0 spiro atoms. The number of fused-ring (bicyclic) bond motifs is 1. The minimum atomic E-state index is -3.87. The van der Waals surface area contributed by atoms with Gasteiger partial charge in [-0.1, -0.05) is 11.6 Å². The Morgan fingerprint density at radius 1 is 1.18 bits per heavy atom. The Bertz CT molecular complexity index is 1020. The van der Waals surface area contributed by atoms with Crippen molar-refractivity contribution in [1.82, 2.24) is 4.98 Å². The summed E-state index contributed by atoms with van der Waals surface area (Å²) >= 11 is 5.77. The van der Waals surface area contributed by atoms with Gasteiger partial charge in [-0.2, -0.15) is 0 Å². The summed E-state index contributed by atoms with van der Waals surface area (Å²) in [5, 5.41) is 0.401. The fourth-order valence-corrected chi connectivity index (χ4v) is 3.22. The van der Waals surface area contributed by atoms with E-state index in [1.165, 1.54) is 36.4 Å². The number of rotatable bonds is 3. The summed E-state index contributed by atoms with van der Waals surface area (Å²) in [7, 11) is -3.87. The molecular formula is C13H10ClN3O4S. The van der Waals surface area contributed by atoms with Crippen molar-refractivity contribution in [3.8, 4) is 0 Å². The summed E-state index contributed by atoms with van der Waals surface area (Å²) in [4.78, 5) is 13.5. The molecule has 0 bridgehead atoms. The average Bonchev–Trinajstić information content (AvgIpc) is 2.81. The van der Waals surface area contributed by atoms with Gasteiger partial charge in [0.2, 0.25) is 0 Å². The van der Waals surface area contributed by atoms with E-state index in [0.717, 1.165) is 0 Å². The van der Waals surface area contributed by atoms with Crippen LogP contribution in [0.1, 0.15) is 0 Å². The number of anilines is 2. The third kappa shape index (κ3) is 2.66. The number of H-pyrrole nitrogens is 1. The van der Waals surface area contributed by atoms with Crippen LogP contribution >= 0.6 is 11.6 Å². The number of aromatic nitrogens is 1. The number of oxazole rings is 1. The van der Waals surface area contributed by atoms with Crippen LogP contribution in [0.3, 0.4) is 0 Å². The third-order valence-electron chi connectivity index (χ3n) is 2.96. The molecule has 3 rings (SSSR count). The molecule has 2 aromatic carbocycles. The Hall–Kier alpha value is -2.45. The van der Waals surface area contributed by atoms with E-state index in [1.807, 2.05) is 0 Å². The van der Waals surface area contributed by atoms with Crippen LogP contribution in [0.25, 0.3) is 11.1 Å². The number of nitrogens with one attached hydrogen (secondary N) is 2. The maximum Gasteiger partial charge on any atom is 0.417 e. The van der Waals surface area contributed by atoms with Crippen molar-refractivity contribution < 1.29 is 12.8 Å². The lowest BCUT2D eigenvalue weighted by atomic mass is 10.3. The standard InChI is InChI=1S/C13H10ClN3O4S/c14-7-1-3-10(9(15)5-7)17-22(19,20)8-2-4-12-11(6-8)16-13(18)21-12/h1-6,17H,15H2,(H,16,18). The Balaban J connectivity index is 2.01. The van der Waals surface area contributed by atoms with Gasteiger partial charge in [0.1, 0.15) is 0 Å². The molecular weight excluding hydrogens is 330 g/mol. The quantitative estimate of drug-likeness (QED) is 0.632. The van der Waals surface area contributed by atoms with Gasteiger partial charge in [0.15, 0.2) is 5.58 Å². The highest BCUT2D eigenvalue weighted by Gasteiger charge is 2.17. The number of benzene rings is 2. The van der Waals surface area contributed by atoms with Gasteiger partial charge < -0.3 is 10.2 Å². The van der Waals surface area contributed by atoms with Gasteiger partial charge in [-0.05, 0) is 36.4 Å². The number of hydrogen-bond donors (Lipinski definition) is 3. The molecule has 0 saturated heterocycles. The highest BCUT2D eigenvalue weighted by atomic mass is 35.5. The fourth-order valence-electron chi connectivity index (χ4n) is 1.93. The van der Waals surface area contributed by atoms with Crippen LogP contribution in [0.5, 0.6) is 0 Å². The monoisotopic (exact) mass is 339 g/mol. The van der Waals surface area contributed by atoms with Gasteiger partial charge in [0.05, 0.1) is 21.8 Å². The smallest absolute Gasteiger partial charge is 0.408 e. The second-order valence-electron chi connectivity index (χ2n) is 4.51. The van der Waals surface area contributed by atoms with E-state index in [0.29, 0.717) is 5.02 Å². The summed E-state index contributed by atoms with van der Waals surface area (Å²) in [6.07, 6.45) is 0. The van der Waals surface area contributed by atoms with Crippen molar-refractivity contribution in [2.45, 2.75) is 4.90 Å². The van der Waals surface area contributed by atoms with E-state index in [9.17, 15) is 13.2 Å². The molecule has 0 unspecified atom stereocenters. The van der Waals surface area contributed by atoms with E-state index >= 15 is 0 Å². The zero-order chi connectivity index (χ0) is 15.9. The predicted molar refractivity (Wildman–Crippen MR) is 83.5 cm³/mol. The highest BCUT2D eigenvalue weighted by Crippen LogP contribution is 2.26. The number of hydrogen-bond acceptors (Lipinski definition) is 5. The molecule has 9 heteroatoms. The van der Waals surface area contributed by atoms with Crippen LogP contribution in [0.2, 0.25) is 5.02 Å². The predicted octanol–water partition coefficient (Wildman–Crippen LogP) is 2.16. The van der Waals surface area contributed by atoms with Crippen molar-refractivity contribution in [2.24, 2.45) is 0 Å². The number of nitrogens with two attached hydrogens (primary N) is 1. The van der Waals surface area contributed by atoms with Crippen LogP contribution in [-0.4, -0.2) is 13.4 Å². The SMILES string of the molecule is Nc1cc(Cl)ccc1NS(=O)(=O)c1ccc2oc(=O)[nH]c2c1. The summed E-state index contributed by atoms with van der Waals surface area (Å²) in [5.74, 6) is -0.653. The highest BCUT2D eigenvalue weighted by molar-refractivity contribution is 7.92. The lowest BCUT2D eigenvalue weighted by Crippen LogP contribution is -2.14. The molecule has 0 radical (unpaired) electrons. The molecule has 4 N–H and O–H groups in total. The van der Waals surface area contributed by atoms with Crippen molar-refractivity contribution >= 4 is 44.1 Å². The molecule has 22 heavy (non-hydrogen) atoms. The Labute approximate surface area is 129 Å². The van der Waals surface area contributed by atoms with Crippen molar-refractivity contribution in [1.29, 1.82) is 0 Å². The molecule has 1 aromatic heterocycles.